The van der Waals surface area contributed by atoms with Crippen LogP contribution in [0.2, 0.25) is 0 Å². The van der Waals surface area contributed by atoms with Crippen molar-refractivity contribution in [2.75, 3.05) is 0 Å². The Morgan fingerprint density at radius 3 is 1.33 bits per heavy atom. The molecule has 0 amide bonds. The molecule has 0 aliphatic carbocycles. The summed E-state index contributed by atoms with van der Waals surface area (Å²) < 4.78 is 0. The SMILES string of the molecule is O=C(O)O.[BaH2].[Fe]. The standard InChI is InChI=1S/CH2O3.Ba.Fe.2H/c2-1(3)4;;;;/h(H2,2,3,4);;;;. The van der Waals surface area contributed by atoms with Crippen LogP contribution >= 0.6 is 0 Å². The van der Waals surface area contributed by atoms with Crippen molar-refractivity contribution in [1.82, 2.24) is 0 Å². The van der Waals surface area contributed by atoms with Gasteiger partial charge in [-0.05, 0) is 0 Å². The van der Waals surface area contributed by atoms with E-state index in [2.05, 4.69) is 0 Å². The van der Waals surface area contributed by atoms with Gasteiger partial charge in [-0.15, -0.1) is 0 Å². The van der Waals surface area contributed by atoms with Crippen LogP contribution in [-0.4, -0.2) is 65.2 Å². The summed E-state index contributed by atoms with van der Waals surface area (Å²) in [6.07, 6.45) is -1.83. The Kier molecular flexibility index (Phi) is 25.1. The second-order valence-electron chi connectivity index (χ2n) is 0.283. The normalized spacial score (nSPS) is 4.00. The molecule has 0 atom stereocenters. The van der Waals surface area contributed by atoms with Crippen molar-refractivity contribution in [1.29, 1.82) is 0 Å². The quantitative estimate of drug-likeness (QED) is 0.564. The number of rotatable bonds is 0. The summed E-state index contributed by atoms with van der Waals surface area (Å²) in [4.78, 5) is 8.56. The molecule has 0 aliphatic heterocycles. The van der Waals surface area contributed by atoms with Crippen LogP contribution in [0.25, 0.3) is 0 Å². The maximum atomic E-state index is 8.56. The van der Waals surface area contributed by atoms with E-state index in [1.807, 2.05) is 0 Å². The van der Waals surface area contributed by atoms with Crippen LogP contribution < -0.4 is 0 Å². The first-order valence-electron chi connectivity index (χ1n) is 0.651. The van der Waals surface area contributed by atoms with Gasteiger partial charge in [0.15, 0.2) is 0 Å². The average Bonchev–Trinajstić information content (AvgIpc) is 0.811. The van der Waals surface area contributed by atoms with Crippen molar-refractivity contribution in [3.05, 3.63) is 0 Å². The fraction of sp³-hybridized carbons (Fsp3) is 0. The molecule has 0 aromatic rings. The Hall–Kier alpha value is 1.36. The van der Waals surface area contributed by atoms with Gasteiger partial charge in [0.2, 0.25) is 0 Å². The topological polar surface area (TPSA) is 57.5 Å². The van der Waals surface area contributed by atoms with Crippen LogP contribution in [0.1, 0.15) is 0 Å². The Morgan fingerprint density at radius 2 is 1.33 bits per heavy atom. The number of carbonyl (C=O) groups is 1. The van der Waals surface area contributed by atoms with Crippen LogP contribution in [0.5, 0.6) is 0 Å². The van der Waals surface area contributed by atoms with Gasteiger partial charge in [0.05, 0.1) is 0 Å². The molecule has 0 heterocycles. The second kappa shape index (κ2) is 9.61. The first-order valence-corrected chi connectivity index (χ1v) is 0.651. The zero-order valence-electron chi connectivity index (χ0n) is 2.16. The Balaban J connectivity index is -0.0000000450. The van der Waals surface area contributed by atoms with E-state index < -0.39 is 6.16 Å². The molecule has 5 heteroatoms. The molecule has 2 N–H and O–H groups in total. The molecule has 0 aromatic carbocycles. The molecular formula is CH4BaFeO3. The minimum atomic E-state index is -1.83. The van der Waals surface area contributed by atoms with E-state index in [0.717, 1.165) is 0 Å². The van der Waals surface area contributed by atoms with Gasteiger partial charge < -0.3 is 10.2 Å². The first kappa shape index (κ1) is 15.7. The maximum absolute atomic E-state index is 8.56. The largest absolute Gasteiger partial charge is 0 e. The molecule has 3 nitrogen and oxygen atoms in total. The minimum Gasteiger partial charge on any atom is 0 e. The van der Waals surface area contributed by atoms with E-state index in [4.69, 9.17) is 15.0 Å². The maximum Gasteiger partial charge on any atom is 0 e. The van der Waals surface area contributed by atoms with E-state index in [0.29, 0.717) is 0 Å². The Labute approximate surface area is 85.7 Å². The van der Waals surface area contributed by atoms with Gasteiger partial charge in [0, 0.05) is 17.1 Å². The number of hydrogen-bond acceptors (Lipinski definition) is 1. The van der Waals surface area contributed by atoms with Crippen LogP contribution in [0.3, 0.4) is 0 Å². The smallest absolute Gasteiger partial charge is 0 e. The zero-order valence-corrected chi connectivity index (χ0v) is 3.26. The van der Waals surface area contributed by atoms with Crippen LogP contribution in [0.4, 0.5) is 4.79 Å². The molecule has 0 fully saturated rings. The van der Waals surface area contributed by atoms with Gasteiger partial charge in [-0.1, -0.05) is 0 Å². The molecule has 0 aromatic heterocycles. The number of hydrogen-bond donors (Lipinski definition) is 2. The Bertz CT molecular complexity index is 33.8. The van der Waals surface area contributed by atoms with Crippen LogP contribution in [0.15, 0.2) is 0 Å². The summed E-state index contributed by atoms with van der Waals surface area (Å²) in [6, 6.07) is 0. The first-order chi connectivity index (χ1) is 1.73. The van der Waals surface area contributed by atoms with Gasteiger partial charge in [0.25, 0.3) is 0 Å². The molecule has 0 saturated heterocycles. The van der Waals surface area contributed by atoms with Gasteiger partial charge in [-0.25, -0.2) is 4.79 Å². The zero-order chi connectivity index (χ0) is 3.58. The summed E-state index contributed by atoms with van der Waals surface area (Å²) in [7, 11) is 0. The third-order valence-electron chi connectivity index (χ3n) is 0. The summed E-state index contributed by atoms with van der Waals surface area (Å²) in [5.74, 6) is 0. The molecule has 0 spiro atoms. The van der Waals surface area contributed by atoms with Gasteiger partial charge in [0.1, 0.15) is 0 Å². The second-order valence-corrected chi connectivity index (χ2v) is 0.283. The van der Waals surface area contributed by atoms with Crippen molar-refractivity contribution in [3.8, 4) is 0 Å². The van der Waals surface area contributed by atoms with Crippen LogP contribution in [-0.2, 0) is 17.1 Å². The molecule has 0 saturated carbocycles. The van der Waals surface area contributed by atoms with Crippen molar-refractivity contribution >= 4 is 55.0 Å². The Morgan fingerprint density at radius 1 is 1.33 bits per heavy atom. The third kappa shape index (κ3) is 55.0. The van der Waals surface area contributed by atoms with Gasteiger partial charge >= 0.3 is 55.0 Å². The van der Waals surface area contributed by atoms with Gasteiger partial charge in [-0.3, -0.25) is 0 Å². The molecule has 0 radical (unpaired) electrons. The number of carboxylic acid groups (broad SMARTS) is 2. The van der Waals surface area contributed by atoms with Crippen molar-refractivity contribution in [3.63, 3.8) is 0 Å². The summed E-state index contributed by atoms with van der Waals surface area (Å²) in [5.41, 5.74) is 0. The van der Waals surface area contributed by atoms with E-state index in [1.165, 1.54) is 0 Å². The van der Waals surface area contributed by atoms with E-state index in [9.17, 15) is 0 Å². The van der Waals surface area contributed by atoms with Crippen molar-refractivity contribution in [2.24, 2.45) is 0 Å². The van der Waals surface area contributed by atoms with Crippen molar-refractivity contribution in [2.45, 2.75) is 0 Å². The van der Waals surface area contributed by atoms with Gasteiger partial charge in [-0.2, -0.15) is 0 Å². The molecule has 0 bridgehead atoms. The minimum absolute atomic E-state index is 0. The van der Waals surface area contributed by atoms with E-state index >= 15 is 0 Å². The predicted octanol–water partition coefficient (Wildman–Crippen LogP) is -0.696. The molecule has 0 rings (SSSR count). The molecular weight excluding hydrogens is 253 g/mol. The molecule has 36 valence electrons. The predicted molar refractivity (Wildman–Crippen MR) is 19.2 cm³/mol. The van der Waals surface area contributed by atoms with Crippen LogP contribution in [0, 0.1) is 0 Å². The van der Waals surface area contributed by atoms with E-state index in [1.54, 1.807) is 0 Å². The molecule has 0 aliphatic rings. The summed E-state index contributed by atoms with van der Waals surface area (Å²) in [5, 5.41) is 13.9. The fourth-order valence-corrected chi connectivity index (χ4v) is 0. The fourth-order valence-electron chi connectivity index (χ4n) is 0. The monoisotopic (exact) mass is 258 g/mol. The third-order valence-corrected chi connectivity index (χ3v) is 0. The van der Waals surface area contributed by atoms with Crippen molar-refractivity contribution < 1.29 is 32.1 Å². The molecule has 6 heavy (non-hydrogen) atoms. The molecule has 0 unspecified atom stereocenters. The van der Waals surface area contributed by atoms with E-state index in [-0.39, 0.29) is 65.9 Å². The summed E-state index contributed by atoms with van der Waals surface area (Å²) in [6.45, 7) is 0. The average molecular weight is 257 g/mol. The summed E-state index contributed by atoms with van der Waals surface area (Å²) >= 11 is 0.